The van der Waals surface area contributed by atoms with E-state index < -0.39 is 11.2 Å². The van der Waals surface area contributed by atoms with Crippen LogP contribution in [0.2, 0.25) is 0 Å². The van der Waals surface area contributed by atoms with Gasteiger partial charge in [0.15, 0.2) is 0 Å². The molecule has 0 saturated heterocycles. The average Bonchev–Trinajstić information content (AvgIpc) is 3.46. The number of rotatable bonds is 8. The highest BCUT2D eigenvalue weighted by Gasteiger charge is 2.25. The number of nitrogens with one attached hydrogen (secondary N) is 2. The third-order valence-corrected chi connectivity index (χ3v) is 6.13. The third kappa shape index (κ3) is 4.25. The first kappa shape index (κ1) is 19.8. The zero-order valence-corrected chi connectivity index (χ0v) is 17.7. The summed E-state index contributed by atoms with van der Waals surface area (Å²) in [6, 6.07) is 5.60. The molecule has 0 aliphatic rings. The van der Waals surface area contributed by atoms with Gasteiger partial charge in [-0.3, -0.25) is 0 Å². The summed E-state index contributed by atoms with van der Waals surface area (Å²) >= 11 is 3.09. The lowest BCUT2D eigenvalue weighted by Gasteiger charge is -2.24. The van der Waals surface area contributed by atoms with Crippen LogP contribution < -0.4 is 10.6 Å². The van der Waals surface area contributed by atoms with E-state index in [4.69, 9.17) is 0 Å². The molecule has 0 fully saturated rings. The molecule has 0 bridgehead atoms. The Hall–Kier alpha value is -2.53. The van der Waals surface area contributed by atoms with Gasteiger partial charge in [0, 0.05) is 19.2 Å². The molecule has 152 valence electrons. The Kier molecular flexibility index (Phi) is 5.26. The minimum absolute atomic E-state index is 0.285. The van der Waals surface area contributed by atoms with E-state index >= 15 is 0 Å². The van der Waals surface area contributed by atoms with Crippen LogP contribution >= 0.6 is 22.7 Å². The second kappa shape index (κ2) is 7.71. The summed E-state index contributed by atoms with van der Waals surface area (Å²) in [5, 5.41) is 39.9. The standard InChI is InChI=1S/C19H22N6O2S2/c1-18(26,13-3-5-28-8-13)10-20-15-7-16(25-17(24-15)22-12-23-25)21-11-19(2,27)14-4-6-29-9-14/h3-9,12,21,26-27H,10-11H2,1-2H3,(H,20,22,23,24)/t18-,19-/m1/s1. The first-order valence-corrected chi connectivity index (χ1v) is 10.9. The molecule has 10 heteroatoms. The number of aromatic nitrogens is 4. The molecule has 0 saturated carbocycles. The van der Waals surface area contributed by atoms with Crippen LogP contribution in [-0.4, -0.2) is 42.9 Å². The van der Waals surface area contributed by atoms with E-state index in [1.807, 2.05) is 33.7 Å². The first-order valence-electron chi connectivity index (χ1n) is 9.04. The summed E-state index contributed by atoms with van der Waals surface area (Å²) < 4.78 is 1.58. The molecule has 4 heterocycles. The molecule has 0 radical (unpaired) electrons. The van der Waals surface area contributed by atoms with Gasteiger partial charge in [0.1, 0.15) is 29.2 Å². The highest BCUT2D eigenvalue weighted by atomic mass is 32.1. The Balaban J connectivity index is 1.53. The van der Waals surface area contributed by atoms with Gasteiger partial charge in [0.25, 0.3) is 5.78 Å². The summed E-state index contributed by atoms with van der Waals surface area (Å²) in [4.78, 5) is 8.61. The molecular formula is C19H22N6O2S2. The molecule has 2 atom stereocenters. The van der Waals surface area contributed by atoms with Crippen molar-refractivity contribution in [3.05, 3.63) is 57.2 Å². The molecule has 4 rings (SSSR count). The normalized spacial score (nSPS) is 15.7. The fourth-order valence-electron chi connectivity index (χ4n) is 2.90. The number of hydrogen-bond acceptors (Lipinski definition) is 9. The zero-order chi connectivity index (χ0) is 20.5. The van der Waals surface area contributed by atoms with Crippen molar-refractivity contribution in [1.82, 2.24) is 19.6 Å². The summed E-state index contributed by atoms with van der Waals surface area (Å²) in [7, 11) is 0. The summed E-state index contributed by atoms with van der Waals surface area (Å²) in [6.07, 6.45) is 1.43. The molecule has 0 spiro atoms. The van der Waals surface area contributed by atoms with E-state index in [0.29, 0.717) is 17.4 Å². The van der Waals surface area contributed by atoms with Gasteiger partial charge in [-0.25, -0.2) is 0 Å². The van der Waals surface area contributed by atoms with Crippen molar-refractivity contribution >= 4 is 40.1 Å². The SMILES string of the molecule is C[C@@](O)(CNc1cc(NC[C@@](C)(O)c2ccsc2)n2ncnc2n1)c1ccsc1. The maximum absolute atomic E-state index is 10.8. The zero-order valence-electron chi connectivity index (χ0n) is 16.0. The second-order valence-electron chi connectivity index (χ2n) is 7.28. The van der Waals surface area contributed by atoms with Crippen LogP contribution in [0.3, 0.4) is 0 Å². The Bertz CT molecular complexity index is 1070. The number of hydrogen-bond donors (Lipinski definition) is 4. The Labute approximate surface area is 175 Å². The van der Waals surface area contributed by atoms with E-state index in [-0.39, 0.29) is 13.1 Å². The Morgan fingerprint density at radius 3 is 2.21 bits per heavy atom. The fourth-order valence-corrected chi connectivity index (χ4v) is 4.47. The monoisotopic (exact) mass is 430 g/mol. The third-order valence-electron chi connectivity index (χ3n) is 4.77. The van der Waals surface area contributed by atoms with E-state index in [0.717, 1.165) is 11.1 Å². The minimum atomic E-state index is -1.04. The van der Waals surface area contributed by atoms with Gasteiger partial charge < -0.3 is 20.8 Å². The maximum Gasteiger partial charge on any atom is 0.256 e. The number of fused-ring (bicyclic) bond motifs is 1. The molecule has 0 aliphatic carbocycles. The lowest BCUT2D eigenvalue weighted by molar-refractivity contribution is 0.0716. The second-order valence-corrected chi connectivity index (χ2v) is 8.84. The highest BCUT2D eigenvalue weighted by Crippen LogP contribution is 2.26. The molecule has 0 unspecified atom stereocenters. The van der Waals surface area contributed by atoms with E-state index in [2.05, 4.69) is 25.7 Å². The van der Waals surface area contributed by atoms with Gasteiger partial charge in [0.05, 0.1) is 0 Å². The van der Waals surface area contributed by atoms with Crippen molar-refractivity contribution in [3.8, 4) is 0 Å². The van der Waals surface area contributed by atoms with E-state index in [9.17, 15) is 10.2 Å². The van der Waals surface area contributed by atoms with Gasteiger partial charge in [-0.1, -0.05) is 0 Å². The van der Waals surface area contributed by atoms with Crippen LogP contribution in [0.25, 0.3) is 5.78 Å². The van der Waals surface area contributed by atoms with Crippen molar-refractivity contribution in [3.63, 3.8) is 0 Å². The van der Waals surface area contributed by atoms with Crippen molar-refractivity contribution in [1.29, 1.82) is 0 Å². The van der Waals surface area contributed by atoms with E-state index in [1.54, 1.807) is 47.1 Å². The fraction of sp³-hybridized carbons (Fsp3) is 0.316. The maximum atomic E-state index is 10.8. The molecule has 0 aromatic carbocycles. The van der Waals surface area contributed by atoms with Gasteiger partial charge in [0.2, 0.25) is 0 Å². The van der Waals surface area contributed by atoms with Gasteiger partial charge in [-0.05, 0) is 58.6 Å². The lowest BCUT2D eigenvalue weighted by atomic mass is 9.99. The van der Waals surface area contributed by atoms with Crippen molar-refractivity contribution in [2.24, 2.45) is 0 Å². The Morgan fingerprint density at radius 1 is 1.00 bits per heavy atom. The van der Waals surface area contributed by atoms with Crippen LogP contribution in [0, 0.1) is 0 Å². The quantitative estimate of drug-likeness (QED) is 0.340. The molecule has 8 nitrogen and oxygen atoms in total. The first-order chi connectivity index (χ1) is 13.9. The van der Waals surface area contributed by atoms with Crippen LogP contribution in [0.15, 0.2) is 46.0 Å². The number of thiophene rings is 2. The molecule has 0 amide bonds. The van der Waals surface area contributed by atoms with Crippen LogP contribution in [-0.2, 0) is 11.2 Å². The smallest absolute Gasteiger partial charge is 0.256 e. The van der Waals surface area contributed by atoms with Gasteiger partial charge in [-0.15, -0.1) is 0 Å². The summed E-state index contributed by atoms with van der Waals surface area (Å²) in [6.45, 7) is 4.09. The molecular weight excluding hydrogens is 408 g/mol. The molecule has 0 aliphatic heterocycles. The van der Waals surface area contributed by atoms with Gasteiger partial charge >= 0.3 is 0 Å². The topological polar surface area (TPSA) is 108 Å². The van der Waals surface area contributed by atoms with Crippen LogP contribution in [0.4, 0.5) is 11.6 Å². The molecule has 4 aromatic heterocycles. The van der Waals surface area contributed by atoms with Crippen molar-refractivity contribution in [2.75, 3.05) is 23.7 Å². The molecule has 4 aromatic rings. The average molecular weight is 431 g/mol. The molecule has 4 N–H and O–H groups in total. The predicted octanol–water partition coefficient (Wildman–Crippen LogP) is 2.89. The largest absolute Gasteiger partial charge is 0.384 e. The number of nitrogens with zero attached hydrogens (tertiary/aromatic N) is 4. The van der Waals surface area contributed by atoms with Crippen LogP contribution in [0.5, 0.6) is 0 Å². The van der Waals surface area contributed by atoms with Crippen molar-refractivity contribution < 1.29 is 10.2 Å². The summed E-state index contributed by atoms with van der Waals surface area (Å²) in [5.74, 6) is 1.61. The van der Waals surface area contributed by atoms with Gasteiger partial charge in [-0.2, -0.15) is 42.3 Å². The predicted molar refractivity (Wildman–Crippen MR) is 116 cm³/mol. The highest BCUT2D eigenvalue weighted by molar-refractivity contribution is 7.08. The molecule has 29 heavy (non-hydrogen) atoms. The number of aliphatic hydroxyl groups is 2. The van der Waals surface area contributed by atoms with E-state index in [1.165, 1.54) is 6.33 Å². The lowest BCUT2D eigenvalue weighted by Crippen LogP contribution is -2.31. The van der Waals surface area contributed by atoms with Crippen molar-refractivity contribution in [2.45, 2.75) is 25.0 Å². The van der Waals surface area contributed by atoms with Crippen LogP contribution in [0.1, 0.15) is 25.0 Å². The number of anilines is 2. The summed E-state index contributed by atoms with van der Waals surface area (Å²) in [5.41, 5.74) is -0.364. The Morgan fingerprint density at radius 2 is 1.62 bits per heavy atom. The minimum Gasteiger partial charge on any atom is -0.384 e.